The van der Waals surface area contributed by atoms with Crippen LogP contribution >= 0.6 is 0 Å². The van der Waals surface area contributed by atoms with Crippen molar-refractivity contribution in [3.8, 4) is 0 Å². The van der Waals surface area contributed by atoms with E-state index in [-0.39, 0.29) is 31.1 Å². The van der Waals surface area contributed by atoms with E-state index in [4.69, 9.17) is 14.2 Å². The van der Waals surface area contributed by atoms with Gasteiger partial charge in [0.25, 0.3) is 0 Å². The van der Waals surface area contributed by atoms with Gasteiger partial charge in [-0.25, -0.2) is 0 Å². The Morgan fingerprint density at radius 1 is 0.244 bits per heavy atom. The second-order valence-corrected chi connectivity index (χ2v) is 24.5. The zero-order valence-electron chi connectivity index (χ0n) is 55.0. The Hall–Kier alpha value is -2.89. The van der Waals surface area contributed by atoms with Crippen molar-refractivity contribution in [2.45, 2.75) is 393 Å². The van der Waals surface area contributed by atoms with Gasteiger partial charge in [-0.3, -0.25) is 14.4 Å². The van der Waals surface area contributed by atoms with Crippen LogP contribution < -0.4 is 0 Å². The van der Waals surface area contributed by atoms with E-state index in [1.807, 2.05) is 0 Å². The number of carbonyl (C=O) groups excluding carboxylic acids is 3. The molecule has 6 heteroatoms. The average Bonchev–Trinajstić information content (AvgIpc) is 3.47. The SMILES string of the molecule is CCCCCC/C=C\C/C=C\CCCCCCCC(=O)OCC(COC(=O)CCCCCCCCCCCCCCCCCCCCCCCCCCCCC)OC(=O)CCCCCCCC/C=C\C/C=C\C/C=C\CCCCCCC. The molecule has 0 saturated carbocycles. The molecule has 0 heterocycles. The number of hydrogen-bond acceptors (Lipinski definition) is 6. The molecule has 0 bridgehead atoms. The van der Waals surface area contributed by atoms with Gasteiger partial charge in [0.1, 0.15) is 13.2 Å². The van der Waals surface area contributed by atoms with Gasteiger partial charge in [0.2, 0.25) is 0 Å². The summed E-state index contributed by atoms with van der Waals surface area (Å²) in [7, 11) is 0. The third-order valence-electron chi connectivity index (χ3n) is 16.2. The quantitative estimate of drug-likeness (QED) is 0.0261. The first-order chi connectivity index (χ1) is 40.5. The predicted molar refractivity (Wildman–Crippen MR) is 358 cm³/mol. The monoisotopic (exact) mass is 1150 g/mol. The van der Waals surface area contributed by atoms with E-state index in [1.165, 1.54) is 244 Å². The summed E-state index contributed by atoms with van der Waals surface area (Å²) in [4.78, 5) is 38.5. The summed E-state index contributed by atoms with van der Waals surface area (Å²) in [6.07, 6.45) is 91.1. The minimum Gasteiger partial charge on any atom is -0.462 e. The third-order valence-corrected chi connectivity index (χ3v) is 16.2. The van der Waals surface area contributed by atoms with Gasteiger partial charge < -0.3 is 14.2 Å². The Bertz CT molecular complexity index is 1460. The van der Waals surface area contributed by atoms with Crippen molar-refractivity contribution in [1.82, 2.24) is 0 Å². The number of hydrogen-bond donors (Lipinski definition) is 0. The number of rotatable bonds is 67. The molecule has 0 aliphatic heterocycles. The molecular formula is C76H138O6. The van der Waals surface area contributed by atoms with Gasteiger partial charge in [-0.15, -0.1) is 0 Å². The van der Waals surface area contributed by atoms with Gasteiger partial charge in [-0.2, -0.15) is 0 Å². The molecule has 82 heavy (non-hydrogen) atoms. The molecule has 0 rings (SSSR count). The molecule has 6 nitrogen and oxygen atoms in total. The molecule has 0 aromatic rings. The number of ether oxygens (including phenoxy) is 3. The maximum Gasteiger partial charge on any atom is 0.306 e. The molecule has 1 unspecified atom stereocenters. The fourth-order valence-corrected chi connectivity index (χ4v) is 10.8. The summed E-state index contributed by atoms with van der Waals surface area (Å²) < 4.78 is 17.0. The van der Waals surface area contributed by atoms with Crippen LogP contribution in [0.5, 0.6) is 0 Å². The molecular weight excluding hydrogens is 1010 g/mol. The predicted octanol–water partition coefficient (Wildman–Crippen LogP) is 25.1. The Morgan fingerprint density at radius 3 is 0.695 bits per heavy atom. The van der Waals surface area contributed by atoms with Crippen LogP contribution in [0.25, 0.3) is 0 Å². The van der Waals surface area contributed by atoms with Crippen molar-refractivity contribution < 1.29 is 28.6 Å². The molecule has 0 saturated heterocycles. The molecule has 1 atom stereocenters. The normalized spacial score (nSPS) is 12.4. The minimum atomic E-state index is -0.788. The molecule has 0 radical (unpaired) electrons. The van der Waals surface area contributed by atoms with Crippen LogP contribution in [-0.2, 0) is 28.6 Å². The highest BCUT2D eigenvalue weighted by molar-refractivity contribution is 5.71. The van der Waals surface area contributed by atoms with Crippen LogP contribution in [0.3, 0.4) is 0 Å². The molecule has 0 aromatic heterocycles. The van der Waals surface area contributed by atoms with Crippen molar-refractivity contribution in [2.24, 2.45) is 0 Å². The average molecular weight is 1150 g/mol. The van der Waals surface area contributed by atoms with E-state index in [0.717, 1.165) is 103 Å². The lowest BCUT2D eigenvalue weighted by Gasteiger charge is -2.18. The number of unbranched alkanes of at least 4 members (excludes halogenated alkanes) is 46. The summed E-state index contributed by atoms with van der Waals surface area (Å²) in [5, 5.41) is 0. The Kier molecular flexibility index (Phi) is 68.1. The van der Waals surface area contributed by atoms with Crippen LogP contribution in [0.4, 0.5) is 0 Å². The molecule has 0 aliphatic rings. The van der Waals surface area contributed by atoms with Crippen molar-refractivity contribution in [3.63, 3.8) is 0 Å². The smallest absolute Gasteiger partial charge is 0.306 e. The van der Waals surface area contributed by atoms with Gasteiger partial charge in [-0.05, 0) is 89.9 Å². The van der Waals surface area contributed by atoms with Crippen LogP contribution in [0.2, 0.25) is 0 Å². The van der Waals surface area contributed by atoms with E-state index < -0.39 is 6.10 Å². The zero-order valence-corrected chi connectivity index (χ0v) is 55.0. The third kappa shape index (κ3) is 67.9. The minimum absolute atomic E-state index is 0.0808. The summed E-state index contributed by atoms with van der Waals surface area (Å²) in [6.45, 7) is 6.65. The van der Waals surface area contributed by atoms with E-state index in [1.54, 1.807) is 0 Å². The van der Waals surface area contributed by atoms with Gasteiger partial charge in [0, 0.05) is 19.3 Å². The Morgan fingerprint density at radius 2 is 0.439 bits per heavy atom. The van der Waals surface area contributed by atoms with Crippen molar-refractivity contribution >= 4 is 17.9 Å². The van der Waals surface area contributed by atoms with E-state index in [9.17, 15) is 14.4 Å². The van der Waals surface area contributed by atoms with Crippen molar-refractivity contribution in [1.29, 1.82) is 0 Å². The molecule has 0 fully saturated rings. The summed E-state index contributed by atoms with van der Waals surface area (Å²) >= 11 is 0. The highest BCUT2D eigenvalue weighted by Crippen LogP contribution is 2.18. The van der Waals surface area contributed by atoms with Crippen LogP contribution in [0.1, 0.15) is 387 Å². The number of allylic oxidation sites excluding steroid dienone is 10. The van der Waals surface area contributed by atoms with E-state index in [2.05, 4.69) is 81.5 Å². The highest BCUT2D eigenvalue weighted by Gasteiger charge is 2.19. The molecule has 0 N–H and O–H groups in total. The maximum absolute atomic E-state index is 13.0. The van der Waals surface area contributed by atoms with Gasteiger partial charge in [0.05, 0.1) is 0 Å². The largest absolute Gasteiger partial charge is 0.462 e. The van der Waals surface area contributed by atoms with Gasteiger partial charge in [0.15, 0.2) is 6.10 Å². The van der Waals surface area contributed by atoms with Gasteiger partial charge in [-0.1, -0.05) is 338 Å². The maximum atomic E-state index is 13.0. The lowest BCUT2D eigenvalue weighted by molar-refractivity contribution is -0.167. The molecule has 478 valence electrons. The fraction of sp³-hybridized carbons (Fsp3) is 0.829. The first-order valence-electron chi connectivity index (χ1n) is 36.3. The lowest BCUT2D eigenvalue weighted by Crippen LogP contribution is -2.30. The lowest BCUT2D eigenvalue weighted by atomic mass is 10.0. The Labute approximate surface area is 510 Å². The molecule has 0 spiro atoms. The van der Waals surface area contributed by atoms with Crippen molar-refractivity contribution in [3.05, 3.63) is 60.8 Å². The summed E-state index contributed by atoms with van der Waals surface area (Å²) in [5.41, 5.74) is 0. The number of esters is 3. The van der Waals surface area contributed by atoms with E-state index in [0.29, 0.717) is 19.3 Å². The van der Waals surface area contributed by atoms with Gasteiger partial charge >= 0.3 is 17.9 Å². The van der Waals surface area contributed by atoms with Crippen LogP contribution in [-0.4, -0.2) is 37.2 Å². The molecule has 0 aromatic carbocycles. The second kappa shape index (κ2) is 70.6. The second-order valence-electron chi connectivity index (χ2n) is 24.5. The zero-order chi connectivity index (χ0) is 59.2. The topological polar surface area (TPSA) is 78.9 Å². The Balaban J connectivity index is 4.30. The number of carbonyl (C=O) groups is 3. The standard InChI is InChI=1S/C76H138O6/c1-4-7-10-13-16-19-22-25-28-31-33-35-36-37-38-39-40-42-43-45-48-51-54-57-60-63-66-69-75(78)81-72-73(71-80-74(77)68-65-62-59-56-53-50-47-30-27-24-21-18-15-12-9-6-3)82-76(79)70-67-64-61-58-55-52-49-46-44-41-34-32-29-26-23-20-17-14-11-8-5-2/h21,23-24,26,30,32,34,44,46-47,73H,4-20,22,25,27-29,31,33,35-43,45,48-72H2,1-3H3/b24-21-,26-23-,34-32-,46-44-,47-30-. The summed E-state index contributed by atoms with van der Waals surface area (Å²) in [5.74, 6) is -0.884. The van der Waals surface area contributed by atoms with E-state index >= 15 is 0 Å². The summed E-state index contributed by atoms with van der Waals surface area (Å²) in [6, 6.07) is 0. The molecule has 0 amide bonds. The highest BCUT2D eigenvalue weighted by atomic mass is 16.6. The molecule has 0 aliphatic carbocycles. The fourth-order valence-electron chi connectivity index (χ4n) is 10.8. The first kappa shape index (κ1) is 79.1. The van der Waals surface area contributed by atoms with Crippen LogP contribution in [0.15, 0.2) is 60.8 Å². The first-order valence-corrected chi connectivity index (χ1v) is 36.3. The van der Waals surface area contributed by atoms with Crippen LogP contribution in [0, 0.1) is 0 Å². The van der Waals surface area contributed by atoms with Crippen molar-refractivity contribution in [2.75, 3.05) is 13.2 Å².